The molecule has 0 N–H and O–H groups in total. The molecule has 1 aromatic heterocycles. The predicted molar refractivity (Wildman–Crippen MR) is 88.7 cm³/mol. The summed E-state index contributed by atoms with van der Waals surface area (Å²) < 4.78 is 7.00. The summed E-state index contributed by atoms with van der Waals surface area (Å²) in [5, 5.41) is 5.37. The minimum Gasteiger partial charge on any atom is -0.458 e. The number of benzene rings is 1. The lowest BCUT2D eigenvalue weighted by molar-refractivity contribution is 0.0204. The first kappa shape index (κ1) is 15.7. The molecule has 1 heterocycles. The van der Waals surface area contributed by atoms with Crippen molar-refractivity contribution in [3.63, 3.8) is 0 Å². The van der Waals surface area contributed by atoms with Gasteiger partial charge in [0.1, 0.15) is 6.10 Å². The number of ether oxygens (including phenoxy) is 1. The molecule has 3 rings (SSSR count). The van der Waals surface area contributed by atoms with Gasteiger partial charge in [-0.2, -0.15) is 5.10 Å². The first-order valence-corrected chi connectivity index (χ1v) is 8.30. The standard InChI is InChI=1S/C18H22N2O3/c1-12(2)20-17(21)15-11-7-6-10-14(15)16(19-20)18(22)23-13-8-4-3-5-9-13/h6-7,10-13H,3-5,8-9H2,1-2H3. The zero-order valence-electron chi connectivity index (χ0n) is 13.6. The number of carbonyl (C=O) groups excluding carboxylic acids is 1. The van der Waals surface area contributed by atoms with E-state index in [-0.39, 0.29) is 23.4 Å². The highest BCUT2D eigenvalue weighted by Gasteiger charge is 2.23. The average molecular weight is 314 g/mol. The maximum Gasteiger partial charge on any atom is 0.359 e. The molecular formula is C18H22N2O3. The van der Waals surface area contributed by atoms with Crippen LogP contribution in [-0.4, -0.2) is 21.9 Å². The van der Waals surface area contributed by atoms with Crippen LogP contribution < -0.4 is 5.56 Å². The Morgan fingerprint density at radius 1 is 1.17 bits per heavy atom. The van der Waals surface area contributed by atoms with Gasteiger partial charge in [0.2, 0.25) is 0 Å². The number of carbonyl (C=O) groups is 1. The van der Waals surface area contributed by atoms with Gasteiger partial charge in [0, 0.05) is 5.39 Å². The van der Waals surface area contributed by atoms with Crippen molar-refractivity contribution >= 4 is 16.7 Å². The van der Waals surface area contributed by atoms with Crippen LogP contribution >= 0.6 is 0 Å². The summed E-state index contributed by atoms with van der Waals surface area (Å²) in [5.41, 5.74) is 0.0595. The Hall–Kier alpha value is -2.17. The fourth-order valence-corrected chi connectivity index (χ4v) is 3.10. The average Bonchev–Trinajstić information content (AvgIpc) is 2.56. The van der Waals surface area contributed by atoms with E-state index in [0.29, 0.717) is 10.8 Å². The number of esters is 1. The van der Waals surface area contributed by atoms with E-state index in [9.17, 15) is 9.59 Å². The van der Waals surface area contributed by atoms with Crippen LogP contribution in [-0.2, 0) is 4.74 Å². The number of aromatic nitrogens is 2. The summed E-state index contributed by atoms with van der Waals surface area (Å²) in [7, 11) is 0. The molecule has 0 aliphatic heterocycles. The molecule has 5 nitrogen and oxygen atoms in total. The van der Waals surface area contributed by atoms with Crippen LogP contribution in [0.1, 0.15) is 62.5 Å². The van der Waals surface area contributed by atoms with Crippen LogP contribution in [0.25, 0.3) is 10.8 Å². The summed E-state index contributed by atoms with van der Waals surface area (Å²) in [6.45, 7) is 3.75. The van der Waals surface area contributed by atoms with Crippen LogP contribution in [0.5, 0.6) is 0 Å². The highest BCUT2D eigenvalue weighted by molar-refractivity contribution is 6.02. The van der Waals surface area contributed by atoms with Crippen molar-refractivity contribution < 1.29 is 9.53 Å². The van der Waals surface area contributed by atoms with Crippen molar-refractivity contribution in [1.82, 2.24) is 9.78 Å². The van der Waals surface area contributed by atoms with Crippen LogP contribution in [0.3, 0.4) is 0 Å². The van der Waals surface area contributed by atoms with Crippen molar-refractivity contribution in [3.8, 4) is 0 Å². The van der Waals surface area contributed by atoms with Crippen molar-refractivity contribution in [3.05, 3.63) is 40.3 Å². The van der Waals surface area contributed by atoms with Crippen LogP contribution in [0.15, 0.2) is 29.1 Å². The zero-order valence-corrected chi connectivity index (χ0v) is 13.6. The fourth-order valence-electron chi connectivity index (χ4n) is 3.10. The summed E-state index contributed by atoms with van der Waals surface area (Å²) >= 11 is 0. The van der Waals surface area contributed by atoms with Gasteiger partial charge in [-0.25, -0.2) is 9.48 Å². The summed E-state index contributed by atoms with van der Waals surface area (Å²) in [5.74, 6) is -0.428. The Morgan fingerprint density at radius 3 is 2.48 bits per heavy atom. The quantitative estimate of drug-likeness (QED) is 0.814. The van der Waals surface area contributed by atoms with Crippen molar-refractivity contribution in [1.29, 1.82) is 0 Å². The molecule has 23 heavy (non-hydrogen) atoms. The van der Waals surface area contributed by atoms with Gasteiger partial charge >= 0.3 is 5.97 Å². The zero-order chi connectivity index (χ0) is 16.4. The van der Waals surface area contributed by atoms with E-state index >= 15 is 0 Å². The summed E-state index contributed by atoms with van der Waals surface area (Å²) in [6, 6.07) is 6.97. The SMILES string of the molecule is CC(C)n1nc(C(=O)OC2CCCCC2)c2ccccc2c1=O. The normalized spacial score (nSPS) is 16.0. The van der Waals surface area contributed by atoms with E-state index in [2.05, 4.69) is 5.10 Å². The molecule has 122 valence electrons. The topological polar surface area (TPSA) is 61.2 Å². The van der Waals surface area contributed by atoms with E-state index in [0.717, 1.165) is 25.7 Å². The largest absolute Gasteiger partial charge is 0.458 e. The molecule has 1 saturated carbocycles. The number of nitrogens with zero attached hydrogens (tertiary/aromatic N) is 2. The minimum atomic E-state index is -0.428. The van der Waals surface area contributed by atoms with Crippen LogP contribution in [0.2, 0.25) is 0 Å². The number of hydrogen-bond acceptors (Lipinski definition) is 4. The molecule has 0 unspecified atom stereocenters. The monoisotopic (exact) mass is 314 g/mol. The minimum absolute atomic E-state index is 0.0313. The van der Waals surface area contributed by atoms with E-state index in [4.69, 9.17) is 4.74 Å². The van der Waals surface area contributed by atoms with Crippen molar-refractivity contribution in [2.75, 3.05) is 0 Å². The maximum absolute atomic E-state index is 12.6. The molecule has 0 saturated heterocycles. The molecule has 0 atom stereocenters. The van der Waals surface area contributed by atoms with E-state index in [1.54, 1.807) is 24.3 Å². The Bertz CT molecular complexity index is 773. The Morgan fingerprint density at radius 2 is 1.83 bits per heavy atom. The van der Waals surface area contributed by atoms with Gasteiger partial charge in [-0.15, -0.1) is 0 Å². The lowest BCUT2D eigenvalue weighted by Gasteiger charge is -2.22. The lowest BCUT2D eigenvalue weighted by Crippen LogP contribution is -2.29. The highest BCUT2D eigenvalue weighted by Crippen LogP contribution is 2.22. The Kier molecular flexibility index (Phi) is 4.46. The van der Waals surface area contributed by atoms with Crippen LogP contribution in [0, 0.1) is 0 Å². The number of hydrogen-bond donors (Lipinski definition) is 0. The molecule has 0 radical (unpaired) electrons. The third-order valence-electron chi connectivity index (χ3n) is 4.34. The summed E-state index contributed by atoms with van der Waals surface area (Å²) in [4.78, 5) is 25.1. The molecule has 1 aromatic carbocycles. The van der Waals surface area contributed by atoms with E-state index in [1.165, 1.54) is 11.1 Å². The highest BCUT2D eigenvalue weighted by atomic mass is 16.5. The molecule has 0 spiro atoms. The second-order valence-corrected chi connectivity index (χ2v) is 6.40. The molecule has 5 heteroatoms. The van der Waals surface area contributed by atoms with Gasteiger partial charge < -0.3 is 4.74 Å². The molecule has 1 aliphatic carbocycles. The van der Waals surface area contributed by atoms with E-state index in [1.807, 2.05) is 13.8 Å². The fraction of sp³-hybridized carbons (Fsp3) is 0.500. The maximum atomic E-state index is 12.6. The van der Waals surface area contributed by atoms with Gasteiger partial charge in [0.15, 0.2) is 5.69 Å². The second-order valence-electron chi connectivity index (χ2n) is 6.40. The first-order chi connectivity index (χ1) is 11.1. The summed E-state index contributed by atoms with van der Waals surface area (Å²) in [6.07, 6.45) is 5.18. The smallest absolute Gasteiger partial charge is 0.359 e. The van der Waals surface area contributed by atoms with Crippen LogP contribution in [0.4, 0.5) is 0 Å². The molecule has 0 bridgehead atoms. The third kappa shape index (κ3) is 3.14. The van der Waals surface area contributed by atoms with Gasteiger partial charge in [0.25, 0.3) is 5.56 Å². The Labute approximate surface area is 135 Å². The predicted octanol–water partition coefficient (Wildman–Crippen LogP) is 3.47. The third-order valence-corrected chi connectivity index (χ3v) is 4.34. The number of fused-ring (bicyclic) bond motifs is 1. The van der Waals surface area contributed by atoms with Gasteiger partial charge in [-0.3, -0.25) is 4.79 Å². The number of rotatable bonds is 3. The van der Waals surface area contributed by atoms with Gasteiger partial charge in [0.05, 0.1) is 11.4 Å². The van der Waals surface area contributed by atoms with Crippen molar-refractivity contribution in [2.24, 2.45) is 0 Å². The molecule has 1 aliphatic rings. The molecular weight excluding hydrogens is 292 g/mol. The second kappa shape index (κ2) is 6.52. The first-order valence-electron chi connectivity index (χ1n) is 8.30. The van der Waals surface area contributed by atoms with E-state index < -0.39 is 5.97 Å². The molecule has 2 aromatic rings. The molecule has 1 fully saturated rings. The lowest BCUT2D eigenvalue weighted by atomic mass is 9.98. The van der Waals surface area contributed by atoms with Crippen molar-refractivity contribution in [2.45, 2.75) is 58.1 Å². The molecule has 0 amide bonds. The van der Waals surface area contributed by atoms with Gasteiger partial charge in [-0.1, -0.05) is 24.6 Å². The Balaban J connectivity index is 2.03. The van der Waals surface area contributed by atoms with Gasteiger partial charge in [-0.05, 0) is 45.6 Å².